The van der Waals surface area contributed by atoms with Crippen LogP contribution in [0.1, 0.15) is 23.7 Å². The number of benzene rings is 1. The molecule has 1 amide bonds. The molecule has 0 saturated heterocycles. The molecule has 0 radical (unpaired) electrons. The van der Waals surface area contributed by atoms with Gasteiger partial charge in [-0.25, -0.2) is 0 Å². The molecule has 0 aliphatic rings. The Hall–Kier alpha value is -1.85. The highest BCUT2D eigenvalue weighted by Gasteiger charge is 2.26. The van der Waals surface area contributed by atoms with Gasteiger partial charge >= 0.3 is 0 Å². The number of rotatable bonds is 6. The number of carbonyl (C=O) groups excluding carboxylic acids is 1. The number of hydrogen-bond donors (Lipinski definition) is 3. The van der Waals surface area contributed by atoms with E-state index >= 15 is 0 Å². The summed E-state index contributed by atoms with van der Waals surface area (Å²) in [6.07, 6.45) is 2.28. The van der Waals surface area contributed by atoms with Crippen LogP contribution in [0.25, 0.3) is 10.9 Å². The smallest absolute Gasteiger partial charge is 0.251 e. The van der Waals surface area contributed by atoms with E-state index in [1.54, 1.807) is 13.2 Å². The third kappa shape index (κ3) is 3.18. The highest BCUT2D eigenvalue weighted by molar-refractivity contribution is 5.98. The lowest BCUT2D eigenvalue weighted by molar-refractivity contribution is 0.0726. The number of aromatic nitrogens is 1. The first-order chi connectivity index (χ1) is 9.58. The van der Waals surface area contributed by atoms with Gasteiger partial charge in [0, 0.05) is 31.0 Å². The first-order valence-electron chi connectivity index (χ1n) is 6.57. The maximum absolute atomic E-state index is 12.3. The number of fused-ring (bicyclic) bond motifs is 1. The molecule has 2 aromatic rings. The Kier molecular flexibility index (Phi) is 4.42. The molecule has 108 valence electrons. The average Bonchev–Trinajstić information content (AvgIpc) is 2.85. The average molecular weight is 276 g/mol. The van der Waals surface area contributed by atoms with E-state index in [2.05, 4.69) is 10.3 Å². The van der Waals surface area contributed by atoms with Crippen molar-refractivity contribution >= 4 is 16.8 Å². The van der Waals surface area contributed by atoms with Crippen LogP contribution in [0.15, 0.2) is 30.5 Å². The summed E-state index contributed by atoms with van der Waals surface area (Å²) in [5.74, 6) is -0.172. The van der Waals surface area contributed by atoms with Crippen molar-refractivity contribution in [2.45, 2.75) is 18.9 Å². The van der Waals surface area contributed by atoms with Crippen molar-refractivity contribution in [1.29, 1.82) is 0 Å². The summed E-state index contributed by atoms with van der Waals surface area (Å²) >= 11 is 0. The van der Waals surface area contributed by atoms with Gasteiger partial charge in [0.15, 0.2) is 0 Å². The quantitative estimate of drug-likeness (QED) is 0.751. The molecule has 0 aliphatic heterocycles. The topological polar surface area (TPSA) is 74.3 Å². The number of aromatic amines is 1. The van der Waals surface area contributed by atoms with Crippen LogP contribution < -0.4 is 5.32 Å². The minimum atomic E-state index is -0.578. The Labute approximate surface area is 117 Å². The van der Waals surface area contributed by atoms with Crippen molar-refractivity contribution in [3.63, 3.8) is 0 Å². The zero-order valence-electron chi connectivity index (χ0n) is 11.8. The standard InChI is InChI=1S/C15H20N2O3/c1-15(6-8-18,10-20-2)17-14(19)12-4-3-11-5-7-16-13(11)9-12/h3-5,7,9,16,18H,6,8,10H2,1-2H3,(H,17,19). The van der Waals surface area contributed by atoms with E-state index in [9.17, 15) is 4.79 Å². The van der Waals surface area contributed by atoms with E-state index in [-0.39, 0.29) is 12.5 Å². The highest BCUT2D eigenvalue weighted by Crippen LogP contribution is 2.16. The number of ether oxygens (including phenoxy) is 1. The van der Waals surface area contributed by atoms with Crippen molar-refractivity contribution in [2.24, 2.45) is 0 Å². The number of aliphatic hydroxyl groups excluding tert-OH is 1. The third-order valence-corrected chi connectivity index (χ3v) is 3.36. The summed E-state index contributed by atoms with van der Waals surface area (Å²) in [4.78, 5) is 15.4. The van der Waals surface area contributed by atoms with E-state index in [0.717, 1.165) is 10.9 Å². The molecule has 0 spiro atoms. The van der Waals surface area contributed by atoms with E-state index in [1.165, 1.54) is 0 Å². The van der Waals surface area contributed by atoms with Crippen molar-refractivity contribution in [3.05, 3.63) is 36.0 Å². The fourth-order valence-corrected chi connectivity index (χ4v) is 2.27. The predicted octanol–water partition coefficient (Wildman–Crippen LogP) is 1.69. The fraction of sp³-hybridized carbons (Fsp3) is 0.400. The van der Waals surface area contributed by atoms with Crippen LogP contribution in [0.4, 0.5) is 0 Å². The molecule has 5 heteroatoms. The molecular formula is C15H20N2O3. The molecule has 0 saturated carbocycles. The Morgan fingerprint density at radius 3 is 2.95 bits per heavy atom. The molecule has 0 fully saturated rings. The van der Waals surface area contributed by atoms with Crippen LogP contribution in [0.5, 0.6) is 0 Å². The lowest BCUT2D eigenvalue weighted by Crippen LogP contribution is -2.50. The van der Waals surface area contributed by atoms with Gasteiger partial charge in [-0.05, 0) is 36.9 Å². The fourth-order valence-electron chi connectivity index (χ4n) is 2.27. The maximum atomic E-state index is 12.3. The SMILES string of the molecule is COCC(C)(CCO)NC(=O)c1ccc2cc[nH]c2c1. The maximum Gasteiger partial charge on any atom is 0.251 e. The van der Waals surface area contributed by atoms with Gasteiger partial charge in [0.2, 0.25) is 0 Å². The summed E-state index contributed by atoms with van der Waals surface area (Å²) in [6.45, 7) is 2.21. The molecule has 2 rings (SSSR count). The first-order valence-corrected chi connectivity index (χ1v) is 6.57. The van der Waals surface area contributed by atoms with E-state index in [4.69, 9.17) is 9.84 Å². The summed E-state index contributed by atoms with van der Waals surface area (Å²) in [6, 6.07) is 7.47. The van der Waals surface area contributed by atoms with Crippen LogP contribution >= 0.6 is 0 Å². The zero-order chi connectivity index (χ0) is 14.6. The number of hydrogen-bond acceptors (Lipinski definition) is 3. The van der Waals surface area contributed by atoms with E-state index in [0.29, 0.717) is 18.6 Å². The molecule has 5 nitrogen and oxygen atoms in total. The number of amides is 1. The minimum absolute atomic E-state index is 0.00416. The van der Waals surface area contributed by atoms with Gasteiger partial charge in [-0.1, -0.05) is 6.07 Å². The van der Waals surface area contributed by atoms with Gasteiger partial charge in [-0.2, -0.15) is 0 Å². The van der Waals surface area contributed by atoms with Crippen LogP contribution in [-0.2, 0) is 4.74 Å². The van der Waals surface area contributed by atoms with Crippen molar-refractivity contribution in [1.82, 2.24) is 10.3 Å². The Morgan fingerprint density at radius 2 is 2.25 bits per heavy atom. The Balaban J connectivity index is 2.17. The highest BCUT2D eigenvalue weighted by atomic mass is 16.5. The molecule has 1 unspecified atom stereocenters. The molecular weight excluding hydrogens is 256 g/mol. The molecule has 0 bridgehead atoms. The lowest BCUT2D eigenvalue weighted by Gasteiger charge is -2.29. The van der Waals surface area contributed by atoms with Gasteiger partial charge in [0.25, 0.3) is 5.91 Å². The van der Waals surface area contributed by atoms with Crippen molar-refractivity contribution in [3.8, 4) is 0 Å². The Bertz CT molecular complexity index is 586. The van der Waals surface area contributed by atoms with E-state index in [1.807, 2.05) is 31.3 Å². The molecule has 1 aromatic heterocycles. The number of methoxy groups -OCH3 is 1. The van der Waals surface area contributed by atoms with Crippen LogP contribution in [-0.4, -0.2) is 41.9 Å². The summed E-state index contributed by atoms with van der Waals surface area (Å²) in [5.41, 5.74) is 0.930. The van der Waals surface area contributed by atoms with Gasteiger partial charge in [-0.15, -0.1) is 0 Å². The predicted molar refractivity (Wildman–Crippen MR) is 77.7 cm³/mol. The second kappa shape index (κ2) is 6.07. The van der Waals surface area contributed by atoms with Gasteiger partial charge in [0.1, 0.15) is 0 Å². The number of nitrogens with one attached hydrogen (secondary N) is 2. The molecule has 1 atom stereocenters. The summed E-state index contributed by atoms with van der Waals surface area (Å²) in [5, 5.41) is 13.1. The molecule has 20 heavy (non-hydrogen) atoms. The normalized spacial score (nSPS) is 14.2. The minimum Gasteiger partial charge on any atom is -0.396 e. The van der Waals surface area contributed by atoms with E-state index < -0.39 is 5.54 Å². The van der Waals surface area contributed by atoms with Gasteiger partial charge < -0.3 is 20.1 Å². The van der Waals surface area contributed by atoms with Crippen LogP contribution in [0.2, 0.25) is 0 Å². The second-order valence-corrected chi connectivity index (χ2v) is 5.20. The largest absolute Gasteiger partial charge is 0.396 e. The van der Waals surface area contributed by atoms with Crippen molar-refractivity contribution in [2.75, 3.05) is 20.3 Å². The zero-order valence-corrected chi connectivity index (χ0v) is 11.8. The Morgan fingerprint density at radius 1 is 1.45 bits per heavy atom. The van der Waals surface area contributed by atoms with Crippen LogP contribution in [0, 0.1) is 0 Å². The van der Waals surface area contributed by atoms with Crippen LogP contribution in [0.3, 0.4) is 0 Å². The first kappa shape index (κ1) is 14.6. The second-order valence-electron chi connectivity index (χ2n) is 5.20. The monoisotopic (exact) mass is 276 g/mol. The molecule has 3 N–H and O–H groups in total. The summed E-state index contributed by atoms with van der Waals surface area (Å²) < 4.78 is 5.12. The van der Waals surface area contributed by atoms with Crippen molar-refractivity contribution < 1.29 is 14.6 Å². The van der Waals surface area contributed by atoms with Gasteiger partial charge in [0.05, 0.1) is 12.1 Å². The number of H-pyrrole nitrogens is 1. The molecule has 1 aromatic carbocycles. The molecule has 1 heterocycles. The number of aliphatic hydroxyl groups is 1. The number of carbonyl (C=O) groups is 1. The molecule has 0 aliphatic carbocycles. The third-order valence-electron chi connectivity index (χ3n) is 3.36. The van der Waals surface area contributed by atoms with Gasteiger partial charge in [-0.3, -0.25) is 4.79 Å². The lowest BCUT2D eigenvalue weighted by atomic mass is 9.98. The summed E-state index contributed by atoms with van der Waals surface area (Å²) in [7, 11) is 1.58.